The van der Waals surface area contributed by atoms with Crippen LogP contribution < -0.4 is 10.6 Å². The lowest BCUT2D eigenvalue weighted by Crippen LogP contribution is -2.48. The summed E-state index contributed by atoms with van der Waals surface area (Å²) in [6.45, 7) is 1.77. The highest BCUT2D eigenvalue weighted by Gasteiger charge is 2.27. The molecule has 2 N–H and O–H groups in total. The number of amides is 3. The highest BCUT2D eigenvalue weighted by molar-refractivity contribution is 5.95. The average Bonchev–Trinajstić information content (AvgIpc) is 3.30. The SMILES string of the molecule is O=C(CN1CCCC(c2nc3ccccc3o2)C1)NC(=O)NC1CCCC1. The third kappa shape index (κ3) is 4.47. The van der Waals surface area contributed by atoms with Crippen LogP contribution in [0.2, 0.25) is 0 Å². The molecule has 3 amide bonds. The van der Waals surface area contributed by atoms with Crippen molar-refractivity contribution >= 4 is 23.0 Å². The molecular weight excluding hydrogens is 344 g/mol. The summed E-state index contributed by atoms with van der Waals surface area (Å²) < 4.78 is 5.90. The van der Waals surface area contributed by atoms with Crippen LogP contribution in [0, 0.1) is 0 Å². The molecular formula is C20H26N4O3. The molecule has 1 atom stereocenters. The molecule has 2 heterocycles. The third-order valence-electron chi connectivity index (χ3n) is 5.48. The highest BCUT2D eigenvalue weighted by atomic mass is 16.3. The van der Waals surface area contributed by atoms with Gasteiger partial charge in [0, 0.05) is 18.5 Å². The number of benzene rings is 1. The number of carbonyl (C=O) groups is 2. The molecule has 4 rings (SSSR count). The lowest BCUT2D eigenvalue weighted by molar-refractivity contribution is -0.121. The summed E-state index contributed by atoms with van der Waals surface area (Å²) in [4.78, 5) is 30.8. The smallest absolute Gasteiger partial charge is 0.321 e. The monoisotopic (exact) mass is 370 g/mol. The number of urea groups is 1. The van der Waals surface area contributed by atoms with E-state index >= 15 is 0 Å². The number of piperidine rings is 1. The largest absolute Gasteiger partial charge is 0.440 e. The van der Waals surface area contributed by atoms with E-state index in [4.69, 9.17) is 4.42 Å². The molecule has 2 fully saturated rings. The van der Waals surface area contributed by atoms with E-state index in [1.165, 1.54) is 0 Å². The maximum Gasteiger partial charge on any atom is 0.321 e. The number of fused-ring (bicyclic) bond motifs is 1. The first kappa shape index (κ1) is 18.0. The Labute approximate surface area is 158 Å². The van der Waals surface area contributed by atoms with Crippen LogP contribution in [0.3, 0.4) is 0 Å². The van der Waals surface area contributed by atoms with Gasteiger partial charge in [-0.2, -0.15) is 0 Å². The number of para-hydroxylation sites is 2. The first-order valence-electron chi connectivity index (χ1n) is 9.85. The number of oxazole rings is 1. The van der Waals surface area contributed by atoms with Crippen LogP contribution in [0.1, 0.15) is 50.3 Å². The molecule has 1 unspecified atom stereocenters. The van der Waals surface area contributed by atoms with Crippen LogP contribution in [0.15, 0.2) is 28.7 Å². The van der Waals surface area contributed by atoms with Crippen molar-refractivity contribution in [3.8, 4) is 0 Å². The van der Waals surface area contributed by atoms with Crippen molar-refractivity contribution in [3.05, 3.63) is 30.2 Å². The zero-order chi connectivity index (χ0) is 18.6. The molecule has 1 aliphatic heterocycles. The van der Waals surface area contributed by atoms with Crippen molar-refractivity contribution in [3.63, 3.8) is 0 Å². The van der Waals surface area contributed by atoms with Crippen LogP contribution >= 0.6 is 0 Å². The first-order valence-corrected chi connectivity index (χ1v) is 9.85. The highest BCUT2D eigenvalue weighted by Crippen LogP contribution is 2.28. The van der Waals surface area contributed by atoms with Crippen molar-refractivity contribution < 1.29 is 14.0 Å². The zero-order valence-electron chi connectivity index (χ0n) is 15.4. The molecule has 1 aliphatic carbocycles. The van der Waals surface area contributed by atoms with Gasteiger partial charge >= 0.3 is 6.03 Å². The minimum absolute atomic E-state index is 0.172. The fourth-order valence-electron chi connectivity index (χ4n) is 4.13. The van der Waals surface area contributed by atoms with E-state index in [1.54, 1.807) is 0 Å². The minimum atomic E-state index is -0.376. The first-order chi connectivity index (χ1) is 13.2. The molecule has 144 valence electrons. The summed E-state index contributed by atoms with van der Waals surface area (Å²) in [6.07, 6.45) is 6.26. The number of aromatic nitrogens is 1. The summed E-state index contributed by atoms with van der Waals surface area (Å²) in [6, 6.07) is 7.58. The van der Waals surface area contributed by atoms with Gasteiger partial charge in [-0.05, 0) is 44.4 Å². The third-order valence-corrected chi connectivity index (χ3v) is 5.48. The molecule has 1 aromatic carbocycles. The number of hydrogen-bond acceptors (Lipinski definition) is 5. The number of imide groups is 1. The Morgan fingerprint density at radius 2 is 1.96 bits per heavy atom. The van der Waals surface area contributed by atoms with E-state index < -0.39 is 0 Å². The fraction of sp³-hybridized carbons (Fsp3) is 0.550. The standard InChI is InChI=1S/C20H26N4O3/c25-18(23-20(26)21-15-7-1-2-8-15)13-24-11-5-6-14(12-24)19-22-16-9-3-4-10-17(16)27-19/h3-4,9-10,14-15H,1-2,5-8,11-13H2,(H2,21,23,25,26). The normalized spacial score (nSPS) is 21.4. The lowest BCUT2D eigenvalue weighted by atomic mass is 9.98. The van der Waals surface area contributed by atoms with E-state index in [2.05, 4.69) is 20.5 Å². The molecule has 2 aliphatic rings. The zero-order valence-corrected chi connectivity index (χ0v) is 15.4. The number of nitrogens with one attached hydrogen (secondary N) is 2. The van der Waals surface area contributed by atoms with Gasteiger partial charge in [0.2, 0.25) is 5.91 Å². The molecule has 1 aromatic heterocycles. The van der Waals surface area contributed by atoms with Crippen LogP contribution in [0.4, 0.5) is 4.79 Å². The van der Waals surface area contributed by atoms with Gasteiger partial charge in [0.1, 0.15) is 5.52 Å². The molecule has 2 aromatic rings. The van der Waals surface area contributed by atoms with Crippen molar-refractivity contribution in [1.29, 1.82) is 0 Å². The molecule has 27 heavy (non-hydrogen) atoms. The van der Waals surface area contributed by atoms with Crippen LogP contribution in [0.25, 0.3) is 11.1 Å². The molecule has 0 bridgehead atoms. The number of rotatable bonds is 4. The van der Waals surface area contributed by atoms with E-state index in [1.807, 2.05) is 24.3 Å². The summed E-state index contributed by atoms with van der Waals surface area (Å²) in [5.74, 6) is 0.648. The van der Waals surface area contributed by atoms with Gasteiger partial charge in [0.25, 0.3) is 0 Å². The van der Waals surface area contributed by atoms with Crippen molar-refractivity contribution in [2.45, 2.75) is 50.5 Å². The van der Waals surface area contributed by atoms with Gasteiger partial charge in [-0.15, -0.1) is 0 Å². The number of carbonyl (C=O) groups excluding carboxylic acids is 2. The molecule has 7 heteroatoms. The summed E-state index contributed by atoms with van der Waals surface area (Å²) in [5, 5.41) is 5.34. The Morgan fingerprint density at radius 3 is 2.78 bits per heavy atom. The molecule has 0 spiro atoms. The number of nitrogens with zero attached hydrogens (tertiary/aromatic N) is 2. The molecule has 0 radical (unpaired) electrons. The fourth-order valence-corrected chi connectivity index (χ4v) is 4.13. The van der Waals surface area contributed by atoms with Gasteiger partial charge in [-0.1, -0.05) is 25.0 Å². The minimum Gasteiger partial charge on any atom is -0.440 e. The lowest BCUT2D eigenvalue weighted by Gasteiger charge is -2.30. The maximum atomic E-state index is 12.2. The van der Waals surface area contributed by atoms with Gasteiger partial charge in [-0.3, -0.25) is 15.0 Å². The Morgan fingerprint density at radius 1 is 1.15 bits per heavy atom. The Kier molecular flexibility index (Phi) is 5.38. The second kappa shape index (κ2) is 8.08. The van der Waals surface area contributed by atoms with Crippen LogP contribution in [-0.2, 0) is 4.79 Å². The van der Waals surface area contributed by atoms with Gasteiger partial charge in [-0.25, -0.2) is 9.78 Å². The van der Waals surface area contributed by atoms with E-state index in [0.29, 0.717) is 6.54 Å². The van der Waals surface area contributed by atoms with Crippen molar-refractivity contribution in [2.75, 3.05) is 19.6 Å². The van der Waals surface area contributed by atoms with Crippen molar-refractivity contribution in [1.82, 2.24) is 20.5 Å². The molecule has 1 saturated carbocycles. The van der Waals surface area contributed by atoms with Gasteiger partial charge < -0.3 is 9.73 Å². The molecule has 1 saturated heterocycles. The van der Waals surface area contributed by atoms with Crippen molar-refractivity contribution in [2.24, 2.45) is 0 Å². The summed E-state index contributed by atoms with van der Waals surface area (Å²) in [5.41, 5.74) is 1.66. The Bertz CT molecular complexity index is 779. The Balaban J connectivity index is 1.30. The van der Waals surface area contributed by atoms with E-state index in [-0.39, 0.29) is 30.4 Å². The van der Waals surface area contributed by atoms with Crippen LogP contribution in [-0.4, -0.2) is 47.5 Å². The van der Waals surface area contributed by atoms with E-state index in [9.17, 15) is 9.59 Å². The Hall–Kier alpha value is -2.41. The summed E-state index contributed by atoms with van der Waals surface area (Å²) in [7, 11) is 0. The second-order valence-corrected chi connectivity index (χ2v) is 7.60. The van der Waals surface area contributed by atoms with Crippen LogP contribution in [0.5, 0.6) is 0 Å². The second-order valence-electron chi connectivity index (χ2n) is 7.60. The number of hydrogen-bond donors (Lipinski definition) is 2. The quantitative estimate of drug-likeness (QED) is 0.864. The van der Waals surface area contributed by atoms with Gasteiger partial charge in [0.15, 0.2) is 11.5 Å². The predicted molar refractivity (Wildman–Crippen MR) is 101 cm³/mol. The van der Waals surface area contributed by atoms with Gasteiger partial charge in [0.05, 0.1) is 6.54 Å². The predicted octanol–water partition coefficient (Wildman–Crippen LogP) is 2.78. The topological polar surface area (TPSA) is 87.5 Å². The average molecular weight is 370 g/mol. The maximum absolute atomic E-state index is 12.2. The molecule has 7 nitrogen and oxygen atoms in total. The number of likely N-dealkylation sites (tertiary alicyclic amines) is 1. The van der Waals surface area contributed by atoms with E-state index in [0.717, 1.165) is 62.1 Å². The summed E-state index contributed by atoms with van der Waals surface area (Å²) >= 11 is 0.